The second-order valence-electron chi connectivity index (χ2n) is 4.14. The van der Waals surface area contributed by atoms with Crippen molar-refractivity contribution in [2.45, 2.75) is 26.4 Å². The van der Waals surface area contributed by atoms with Gasteiger partial charge in [0.2, 0.25) is 0 Å². The van der Waals surface area contributed by atoms with Gasteiger partial charge in [-0.25, -0.2) is 9.18 Å². The third-order valence-electron chi connectivity index (χ3n) is 1.48. The van der Waals surface area contributed by atoms with Crippen molar-refractivity contribution in [3.8, 4) is 5.75 Å². The molecule has 0 bridgehead atoms. The van der Waals surface area contributed by atoms with Gasteiger partial charge in [-0.05, 0) is 48.8 Å². The third-order valence-corrected chi connectivity index (χ3v) is 2.13. The maximum absolute atomic E-state index is 12.9. The largest absolute Gasteiger partial charge is 0.514 e. The van der Waals surface area contributed by atoms with E-state index in [0.717, 1.165) is 6.07 Å². The van der Waals surface area contributed by atoms with Crippen molar-refractivity contribution in [3.63, 3.8) is 0 Å². The maximum Gasteiger partial charge on any atom is 0.514 e. The van der Waals surface area contributed by atoms with Crippen molar-refractivity contribution in [2.75, 3.05) is 0 Å². The van der Waals surface area contributed by atoms with Crippen molar-refractivity contribution in [3.05, 3.63) is 28.5 Å². The summed E-state index contributed by atoms with van der Waals surface area (Å²) in [6.07, 6.45) is -0.862. The predicted molar refractivity (Wildman–Crippen MR) is 61.0 cm³/mol. The van der Waals surface area contributed by atoms with Gasteiger partial charge in [0.15, 0.2) is 5.75 Å². The normalized spacial score (nSPS) is 11.1. The highest BCUT2D eigenvalue weighted by Crippen LogP contribution is 2.26. The lowest BCUT2D eigenvalue weighted by Crippen LogP contribution is -2.26. The lowest BCUT2D eigenvalue weighted by Gasteiger charge is -2.18. The monoisotopic (exact) mass is 290 g/mol. The van der Waals surface area contributed by atoms with E-state index >= 15 is 0 Å². The van der Waals surface area contributed by atoms with Crippen molar-refractivity contribution in [1.29, 1.82) is 0 Å². The highest BCUT2D eigenvalue weighted by Gasteiger charge is 2.19. The molecule has 0 atom stereocenters. The molecule has 0 fully saturated rings. The zero-order valence-corrected chi connectivity index (χ0v) is 10.8. The maximum atomic E-state index is 12.9. The number of ether oxygens (including phenoxy) is 2. The molecule has 0 saturated heterocycles. The van der Waals surface area contributed by atoms with Crippen LogP contribution in [-0.4, -0.2) is 11.8 Å². The topological polar surface area (TPSA) is 35.5 Å². The van der Waals surface area contributed by atoms with Gasteiger partial charge in [0.1, 0.15) is 11.4 Å². The van der Waals surface area contributed by atoms with Gasteiger partial charge in [0.05, 0.1) is 4.47 Å². The minimum atomic E-state index is -0.862. The van der Waals surface area contributed by atoms with E-state index in [0.29, 0.717) is 4.47 Å². The molecule has 1 rings (SSSR count). The van der Waals surface area contributed by atoms with Crippen LogP contribution in [-0.2, 0) is 4.74 Å². The number of benzene rings is 1. The van der Waals surface area contributed by atoms with Gasteiger partial charge in [0, 0.05) is 6.07 Å². The van der Waals surface area contributed by atoms with Crippen LogP contribution in [0.2, 0.25) is 0 Å². The van der Waals surface area contributed by atoms with E-state index in [-0.39, 0.29) is 5.75 Å². The summed E-state index contributed by atoms with van der Waals surface area (Å²) in [6.45, 7) is 5.15. The average Bonchev–Trinajstić information content (AvgIpc) is 2.08. The molecule has 1 aromatic rings. The molecule has 1 aromatic carbocycles. The molecule has 0 radical (unpaired) electrons. The highest BCUT2D eigenvalue weighted by atomic mass is 79.9. The Labute approximate surface area is 102 Å². The molecule has 0 unspecified atom stereocenters. The second kappa shape index (κ2) is 4.82. The first-order chi connectivity index (χ1) is 7.28. The summed E-state index contributed by atoms with van der Waals surface area (Å²) in [4.78, 5) is 11.3. The molecule has 0 heterocycles. The SMILES string of the molecule is CC(C)(C)OC(=O)Oc1cc(F)ccc1Br. The Hall–Kier alpha value is -1.10. The van der Waals surface area contributed by atoms with Gasteiger partial charge >= 0.3 is 6.16 Å². The Kier molecular flexibility index (Phi) is 3.91. The third kappa shape index (κ3) is 4.18. The van der Waals surface area contributed by atoms with Crippen LogP contribution in [0.3, 0.4) is 0 Å². The Balaban J connectivity index is 2.73. The summed E-state index contributed by atoms with van der Waals surface area (Å²) in [7, 11) is 0. The molecule has 0 aromatic heterocycles. The molecule has 3 nitrogen and oxygen atoms in total. The standard InChI is InChI=1S/C11H12BrFO3/c1-11(2,3)16-10(14)15-9-6-7(13)4-5-8(9)12/h4-6H,1-3H3. The van der Waals surface area contributed by atoms with E-state index in [1.54, 1.807) is 20.8 Å². The number of rotatable bonds is 1. The van der Waals surface area contributed by atoms with E-state index in [1.165, 1.54) is 12.1 Å². The molecule has 0 amide bonds. The first-order valence-corrected chi connectivity index (χ1v) is 5.43. The fraction of sp³-hybridized carbons (Fsp3) is 0.364. The Bertz CT molecular complexity index is 399. The zero-order chi connectivity index (χ0) is 12.3. The van der Waals surface area contributed by atoms with Crippen molar-refractivity contribution in [1.82, 2.24) is 0 Å². The van der Waals surface area contributed by atoms with Crippen LogP contribution in [0.1, 0.15) is 20.8 Å². The average molecular weight is 291 g/mol. The summed E-state index contributed by atoms with van der Waals surface area (Å²) in [5.74, 6) is -0.393. The van der Waals surface area contributed by atoms with Gasteiger partial charge in [0.25, 0.3) is 0 Å². The fourth-order valence-electron chi connectivity index (χ4n) is 0.916. The van der Waals surface area contributed by atoms with Crippen LogP contribution in [0.5, 0.6) is 5.75 Å². The first-order valence-electron chi connectivity index (χ1n) is 4.64. The lowest BCUT2D eigenvalue weighted by atomic mass is 10.2. The lowest BCUT2D eigenvalue weighted by molar-refractivity contribution is 0.0204. The number of hydrogen-bond donors (Lipinski definition) is 0. The molecule has 16 heavy (non-hydrogen) atoms. The van der Waals surface area contributed by atoms with Gasteiger partial charge < -0.3 is 9.47 Å². The van der Waals surface area contributed by atoms with Crippen LogP contribution in [0, 0.1) is 5.82 Å². The predicted octanol–water partition coefficient (Wildman–Crippen LogP) is 3.90. The van der Waals surface area contributed by atoms with Crippen LogP contribution in [0.25, 0.3) is 0 Å². The summed E-state index contributed by atoms with van der Waals surface area (Å²) in [5, 5.41) is 0. The van der Waals surface area contributed by atoms with Crippen molar-refractivity contribution >= 4 is 22.1 Å². The first kappa shape index (κ1) is 13.0. The minimum absolute atomic E-state index is 0.0919. The Morgan fingerprint density at radius 2 is 2.00 bits per heavy atom. The molecule has 0 saturated carbocycles. The molecule has 88 valence electrons. The van der Waals surface area contributed by atoms with Crippen LogP contribution < -0.4 is 4.74 Å². The van der Waals surface area contributed by atoms with Crippen molar-refractivity contribution < 1.29 is 18.7 Å². The zero-order valence-electron chi connectivity index (χ0n) is 9.21. The Morgan fingerprint density at radius 3 is 2.56 bits per heavy atom. The molecule has 0 aliphatic carbocycles. The molecule has 0 aliphatic heterocycles. The molecule has 5 heteroatoms. The molecule has 0 N–H and O–H groups in total. The van der Waals surface area contributed by atoms with Gasteiger partial charge in [-0.1, -0.05) is 0 Å². The summed E-state index contributed by atoms with van der Waals surface area (Å²) in [5.41, 5.74) is -0.642. The highest BCUT2D eigenvalue weighted by molar-refractivity contribution is 9.10. The molecule has 0 spiro atoms. The number of hydrogen-bond acceptors (Lipinski definition) is 3. The second-order valence-corrected chi connectivity index (χ2v) is 5.00. The number of carbonyl (C=O) groups excluding carboxylic acids is 1. The van der Waals surface area contributed by atoms with Crippen LogP contribution >= 0.6 is 15.9 Å². The minimum Gasteiger partial charge on any atom is -0.428 e. The smallest absolute Gasteiger partial charge is 0.428 e. The Morgan fingerprint density at radius 1 is 1.38 bits per heavy atom. The van der Waals surface area contributed by atoms with Crippen molar-refractivity contribution in [2.24, 2.45) is 0 Å². The van der Waals surface area contributed by atoms with E-state index in [4.69, 9.17) is 9.47 Å². The van der Waals surface area contributed by atoms with Gasteiger partial charge in [-0.2, -0.15) is 0 Å². The van der Waals surface area contributed by atoms with E-state index < -0.39 is 17.6 Å². The molecular weight excluding hydrogens is 279 g/mol. The number of carbonyl (C=O) groups is 1. The molecular formula is C11H12BrFO3. The number of halogens is 2. The van der Waals surface area contributed by atoms with E-state index in [2.05, 4.69) is 15.9 Å². The van der Waals surface area contributed by atoms with Gasteiger partial charge in [-0.15, -0.1) is 0 Å². The quantitative estimate of drug-likeness (QED) is 0.581. The van der Waals surface area contributed by atoms with E-state index in [9.17, 15) is 9.18 Å². The summed E-state index contributed by atoms with van der Waals surface area (Å²) in [6, 6.07) is 3.81. The fourth-order valence-corrected chi connectivity index (χ4v) is 1.24. The summed E-state index contributed by atoms with van der Waals surface area (Å²) < 4.78 is 23.2. The van der Waals surface area contributed by atoms with Gasteiger partial charge in [-0.3, -0.25) is 0 Å². The van der Waals surface area contributed by atoms with E-state index in [1.807, 2.05) is 0 Å². The summed E-state index contributed by atoms with van der Waals surface area (Å²) >= 11 is 3.14. The van der Waals surface area contributed by atoms with Crippen LogP contribution in [0.15, 0.2) is 22.7 Å². The molecule has 0 aliphatic rings. The van der Waals surface area contributed by atoms with Crippen LogP contribution in [0.4, 0.5) is 9.18 Å².